The minimum Gasteiger partial charge on any atom is -0.486 e. The number of halogens is 1. The van der Waals surface area contributed by atoms with Gasteiger partial charge in [0, 0.05) is 11.5 Å². The zero-order valence-electron chi connectivity index (χ0n) is 13.8. The van der Waals surface area contributed by atoms with Crippen molar-refractivity contribution in [3.05, 3.63) is 59.5 Å². The summed E-state index contributed by atoms with van der Waals surface area (Å²) in [6.07, 6.45) is 6.31. The van der Waals surface area contributed by atoms with Crippen molar-refractivity contribution in [2.24, 2.45) is 0 Å². The normalized spacial score (nSPS) is 14.8. The Bertz CT molecular complexity index is 864. The summed E-state index contributed by atoms with van der Waals surface area (Å²) in [6.45, 7) is 0.471. The highest BCUT2D eigenvalue weighted by atomic mass is 35.5. The van der Waals surface area contributed by atoms with E-state index in [1.54, 1.807) is 0 Å². The number of aromatic nitrogens is 2. The van der Waals surface area contributed by atoms with Gasteiger partial charge in [-0.05, 0) is 37.3 Å². The van der Waals surface area contributed by atoms with Crippen LogP contribution in [0, 0.1) is 0 Å². The van der Waals surface area contributed by atoms with Gasteiger partial charge < -0.3 is 9.47 Å². The van der Waals surface area contributed by atoms with E-state index < -0.39 is 0 Å². The highest BCUT2D eigenvalue weighted by Gasteiger charge is 2.20. The summed E-state index contributed by atoms with van der Waals surface area (Å²) in [4.78, 5) is 8.36. The Labute approximate surface area is 151 Å². The Morgan fingerprint density at radius 1 is 1.00 bits per heavy atom. The molecule has 0 amide bonds. The summed E-state index contributed by atoms with van der Waals surface area (Å²) in [5, 5.41) is 1.19. The van der Waals surface area contributed by atoms with Gasteiger partial charge in [0.15, 0.2) is 11.5 Å². The zero-order valence-corrected chi connectivity index (χ0v) is 14.6. The molecule has 0 aliphatic heterocycles. The van der Waals surface area contributed by atoms with Gasteiger partial charge in [-0.15, -0.1) is 0 Å². The molecule has 0 saturated heterocycles. The number of rotatable bonds is 5. The molecular formula is C20H19ClN2O2. The minimum atomic E-state index is 0.244. The van der Waals surface area contributed by atoms with Crippen LogP contribution >= 0.6 is 11.6 Å². The molecule has 4 rings (SSSR count). The van der Waals surface area contributed by atoms with Gasteiger partial charge in [-0.2, -0.15) is 0 Å². The summed E-state index contributed by atoms with van der Waals surface area (Å²) in [5.41, 5.74) is 1.87. The van der Waals surface area contributed by atoms with E-state index in [0.29, 0.717) is 17.5 Å². The topological polar surface area (TPSA) is 44.2 Å². The summed E-state index contributed by atoms with van der Waals surface area (Å²) in [7, 11) is 0. The van der Waals surface area contributed by atoms with Crippen molar-refractivity contribution >= 4 is 22.5 Å². The molecule has 1 aliphatic rings. The maximum Gasteiger partial charge on any atom is 0.163 e. The number of ether oxygens (including phenoxy) is 2. The second-order valence-corrected chi connectivity index (χ2v) is 6.64. The molecule has 0 N–H and O–H groups in total. The average molecular weight is 355 g/mol. The van der Waals surface area contributed by atoms with Gasteiger partial charge in [-0.1, -0.05) is 41.9 Å². The molecule has 128 valence electrons. The highest BCUT2D eigenvalue weighted by Crippen LogP contribution is 2.36. The van der Waals surface area contributed by atoms with Crippen LogP contribution in [-0.2, 0) is 6.61 Å². The lowest BCUT2D eigenvalue weighted by atomic mass is 10.2. The Hall–Kier alpha value is -2.33. The van der Waals surface area contributed by atoms with Gasteiger partial charge in [-0.3, -0.25) is 0 Å². The first-order valence-corrected chi connectivity index (χ1v) is 8.95. The molecule has 2 aromatic carbocycles. The average Bonchev–Trinajstić information content (AvgIpc) is 3.14. The molecule has 5 heteroatoms. The van der Waals surface area contributed by atoms with Crippen LogP contribution in [0.1, 0.15) is 31.2 Å². The molecule has 0 atom stereocenters. The third-order valence-electron chi connectivity index (χ3n) is 4.49. The van der Waals surface area contributed by atoms with Crippen LogP contribution in [0.2, 0.25) is 5.15 Å². The second kappa shape index (κ2) is 7.28. The smallest absolute Gasteiger partial charge is 0.163 e. The van der Waals surface area contributed by atoms with Crippen LogP contribution in [0.5, 0.6) is 11.5 Å². The van der Waals surface area contributed by atoms with Gasteiger partial charge in [0.25, 0.3) is 0 Å². The highest BCUT2D eigenvalue weighted by molar-refractivity contribution is 6.34. The van der Waals surface area contributed by atoms with E-state index in [9.17, 15) is 0 Å². The van der Waals surface area contributed by atoms with Gasteiger partial charge in [-0.25, -0.2) is 9.97 Å². The SMILES string of the molecule is Clc1ncnc2cc(OC3CCCC3)c(OCc3ccccc3)cc12. The fraction of sp³-hybridized carbons (Fsp3) is 0.300. The predicted octanol–water partition coefficient (Wildman–Crippen LogP) is 5.18. The monoisotopic (exact) mass is 354 g/mol. The van der Waals surface area contributed by atoms with Gasteiger partial charge >= 0.3 is 0 Å². The number of benzene rings is 2. The molecule has 0 unspecified atom stereocenters. The Balaban J connectivity index is 1.66. The van der Waals surface area contributed by atoms with Gasteiger partial charge in [0.05, 0.1) is 11.6 Å². The van der Waals surface area contributed by atoms with Crippen LogP contribution < -0.4 is 9.47 Å². The fourth-order valence-electron chi connectivity index (χ4n) is 3.16. The van der Waals surface area contributed by atoms with Crippen LogP contribution in [0.25, 0.3) is 10.9 Å². The third-order valence-corrected chi connectivity index (χ3v) is 4.79. The first kappa shape index (κ1) is 16.2. The van der Waals surface area contributed by atoms with Crippen molar-refractivity contribution in [2.45, 2.75) is 38.4 Å². The first-order valence-electron chi connectivity index (χ1n) is 8.57. The maximum absolute atomic E-state index is 6.22. The number of hydrogen-bond donors (Lipinski definition) is 0. The van der Waals surface area contributed by atoms with Crippen LogP contribution in [-0.4, -0.2) is 16.1 Å². The molecule has 3 aromatic rings. The van der Waals surface area contributed by atoms with E-state index in [-0.39, 0.29) is 6.10 Å². The first-order chi connectivity index (χ1) is 12.3. The van der Waals surface area contributed by atoms with Crippen molar-refractivity contribution in [3.63, 3.8) is 0 Å². The molecule has 1 heterocycles. The Kier molecular flexibility index (Phi) is 4.70. The Morgan fingerprint density at radius 2 is 1.80 bits per heavy atom. The van der Waals surface area contributed by atoms with E-state index in [1.165, 1.54) is 19.2 Å². The summed E-state index contributed by atoms with van der Waals surface area (Å²) < 4.78 is 12.3. The van der Waals surface area contributed by atoms with E-state index >= 15 is 0 Å². The maximum atomic E-state index is 6.22. The van der Waals surface area contributed by atoms with Crippen molar-refractivity contribution in [1.29, 1.82) is 0 Å². The number of fused-ring (bicyclic) bond motifs is 1. The molecule has 1 aromatic heterocycles. The standard InChI is InChI=1S/C20H19ClN2O2/c21-20-16-10-18(24-12-14-6-2-1-3-7-14)19(11-17(16)22-13-23-20)25-15-8-4-5-9-15/h1-3,6-7,10-11,13,15H,4-5,8-9,12H2. The minimum absolute atomic E-state index is 0.244. The molecule has 0 radical (unpaired) electrons. The molecule has 1 saturated carbocycles. The summed E-state index contributed by atoms with van der Waals surface area (Å²) >= 11 is 6.22. The predicted molar refractivity (Wildman–Crippen MR) is 98.2 cm³/mol. The lowest BCUT2D eigenvalue weighted by Gasteiger charge is -2.18. The van der Waals surface area contributed by atoms with E-state index in [1.807, 2.05) is 42.5 Å². The quantitative estimate of drug-likeness (QED) is 0.592. The molecule has 0 spiro atoms. The summed E-state index contributed by atoms with van der Waals surface area (Å²) in [5.74, 6) is 1.41. The fourth-order valence-corrected chi connectivity index (χ4v) is 3.35. The van der Waals surface area contributed by atoms with Gasteiger partial charge in [0.2, 0.25) is 0 Å². The van der Waals surface area contributed by atoms with Crippen LogP contribution in [0.4, 0.5) is 0 Å². The van der Waals surface area contributed by atoms with Crippen molar-refractivity contribution in [3.8, 4) is 11.5 Å². The van der Waals surface area contributed by atoms with Crippen LogP contribution in [0.15, 0.2) is 48.8 Å². The number of nitrogens with zero attached hydrogens (tertiary/aromatic N) is 2. The zero-order chi connectivity index (χ0) is 17.1. The number of hydrogen-bond acceptors (Lipinski definition) is 4. The van der Waals surface area contributed by atoms with E-state index in [0.717, 1.165) is 35.1 Å². The van der Waals surface area contributed by atoms with E-state index in [2.05, 4.69) is 9.97 Å². The molecule has 25 heavy (non-hydrogen) atoms. The molecule has 4 nitrogen and oxygen atoms in total. The lowest BCUT2D eigenvalue weighted by molar-refractivity contribution is 0.193. The molecule has 0 bridgehead atoms. The Morgan fingerprint density at radius 3 is 2.60 bits per heavy atom. The third kappa shape index (κ3) is 3.69. The molecule has 1 fully saturated rings. The summed E-state index contributed by atoms with van der Waals surface area (Å²) in [6, 6.07) is 13.8. The van der Waals surface area contributed by atoms with Crippen molar-refractivity contribution in [1.82, 2.24) is 9.97 Å². The van der Waals surface area contributed by atoms with E-state index in [4.69, 9.17) is 21.1 Å². The largest absolute Gasteiger partial charge is 0.486 e. The van der Waals surface area contributed by atoms with Crippen molar-refractivity contribution < 1.29 is 9.47 Å². The van der Waals surface area contributed by atoms with Crippen molar-refractivity contribution in [2.75, 3.05) is 0 Å². The van der Waals surface area contributed by atoms with Gasteiger partial charge in [0.1, 0.15) is 18.1 Å². The molecule has 1 aliphatic carbocycles. The van der Waals surface area contributed by atoms with Crippen LogP contribution in [0.3, 0.4) is 0 Å². The molecular weight excluding hydrogens is 336 g/mol. The lowest BCUT2D eigenvalue weighted by Crippen LogP contribution is -2.12. The second-order valence-electron chi connectivity index (χ2n) is 6.28.